The molecule has 0 aliphatic carbocycles. The Balaban J connectivity index is 2.10. The van der Waals surface area contributed by atoms with E-state index in [1.807, 2.05) is 6.92 Å². The molecule has 2 aliphatic heterocycles. The normalized spacial score (nSPS) is 33.8. The minimum Gasteiger partial charge on any atom is -0.378 e. The average molecular weight is 248 g/mol. The van der Waals surface area contributed by atoms with E-state index < -0.39 is 10.0 Å². The fourth-order valence-corrected chi connectivity index (χ4v) is 4.42. The number of nitrogens with zero attached hydrogens (tertiary/aromatic N) is 1. The second kappa shape index (κ2) is 5.00. The van der Waals surface area contributed by atoms with E-state index in [1.54, 1.807) is 4.31 Å². The van der Waals surface area contributed by atoms with Crippen LogP contribution < -0.4 is 5.32 Å². The van der Waals surface area contributed by atoms with Crippen molar-refractivity contribution in [3.05, 3.63) is 0 Å². The van der Waals surface area contributed by atoms with E-state index in [1.165, 1.54) is 0 Å². The van der Waals surface area contributed by atoms with Crippen LogP contribution >= 0.6 is 0 Å². The van der Waals surface area contributed by atoms with E-state index in [2.05, 4.69) is 5.32 Å². The van der Waals surface area contributed by atoms with E-state index in [9.17, 15) is 8.42 Å². The Morgan fingerprint density at radius 1 is 1.44 bits per heavy atom. The number of sulfonamides is 1. The molecule has 0 aromatic rings. The SMILES string of the molecule is CC1COCCN1S(=O)(=O)C1CCCNC1. The largest absolute Gasteiger partial charge is 0.378 e. The molecule has 2 heterocycles. The summed E-state index contributed by atoms with van der Waals surface area (Å²) in [5, 5.41) is 2.91. The fourth-order valence-electron chi connectivity index (χ4n) is 2.36. The number of rotatable bonds is 2. The van der Waals surface area contributed by atoms with Crippen LogP contribution in [0.25, 0.3) is 0 Å². The molecule has 94 valence electrons. The maximum Gasteiger partial charge on any atom is 0.218 e. The molecule has 2 fully saturated rings. The maximum absolute atomic E-state index is 12.4. The lowest BCUT2D eigenvalue weighted by atomic mass is 10.2. The predicted octanol–water partition coefficient (Wildman–Crippen LogP) is -0.211. The highest BCUT2D eigenvalue weighted by atomic mass is 32.2. The second-order valence-corrected chi connectivity index (χ2v) is 6.71. The van der Waals surface area contributed by atoms with Gasteiger partial charge in [0.25, 0.3) is 0 Å². The summed E-state index contributed by atoms with van der Waals surface area (Å²) >= 11 is 0. The Hall–Kier alpha value is -0.170. The van der Waals surface area contributed by atoms with Gasteiger partial charge in [-0.15, -0.1) is 0 Å². The van der Waals surface area contributed by atoms with Crippen molar-refractivity contribution in [3.63, 3.8) is 0 Å². The minimum absolute atomic E-state index is 0.0272. The summed E-state index contributed by atoms with van der Waals surface area (Å²) < 4.78 is 31.7. The molecule has 2 atom stereocenters. The summed E-state index contributed by atoms with van der Waals surface area (Å²) in [6.07, 6.45) is 1.72. The van der Waals surface area contributed by atoms with Crippen molar-refractivity contribution in [2.45, 2.75) is 31.1 Å². The summed E-state index contributed by atoms with van der Waals surface area (Å²) in [6.45, 7) is 4.97. The Kier molecular flexibility index (Phi) is 3.84. The minimum atomic E-state index is -3.14. The number of morpholine rings is 1. The zero-order valence-corrected chi connectivity index (χ0v) is 10.5. The van der Waals surface area contributed by atoms with Gasteiger partial charge in [-0.3, -0.25) is 0 Å². The fraction of sp³-hybridized carbons (Fsp3) is 1.00. The van der Waals surface area contributed by atoms with E-state index in [-0.39, 0.29) is 11.3 Å². The van der Waals surface area contributed by atoms with Crippen molar-refractivity contribution in [2.24, 2.45) is 0 Å². The van der Waals surface area contributed by atoms with E-state index in [0.717, 1.165) is 19.4 Å². The van der Waals surface area contributed by atoms with Gasteiger partial charge >= 0.3 is 0 Å². The molecule has 2 unspecified atom stereocenters. The van der Waals surface area contributed by atoms with Gasteiger partial charge in [0, 0.05) is 19.1 Å². The van der Waals surface area contributed by atoms with Crippen molar-refractivity contribution in [2.75, 3.05) is 32.8 Å². The standard InChI is InChI=1S/C10H20N2O3S/c1-9-8-15-6-5-12(9)16(13,14)10-3-2-4-11-7-10/h9-11H,2-8H2,1H3. The molecule has 0 saturated carbocycles. The number of hydrogen-bond donors (Lipinski definition) is 1. The summed E-state index contributed by atoms with van der Waals surface area (Å²) in [4.78, 5) is 0. The lowest BCUT2D eigenvalue weighted by Gasteiger charge is -2.36. The number of ether oxygens (including phenoxy) is 1. The van der Waals surface area contributed by atoms with Crippen molar-refractivity contribution in [3.8, 4) is 0 Å². The van der Waals surface area contributed by atoms with Crippen LogP contribution in [0.2, 0.25) is 0 Å². The van der Waals surface area contributed by atoms with Gasteiger partial charge < -0.3 is 10.1 Å². The van der Waals surface area contributed by atoms with E-state index >= 15 is 0 Å². The van der Waals surface area contributed by atoms with E-state index in [4.69, 9.17) is 4.74 Å². The molecule has 0 radical (unpaired) electrons. The summed E-state index contributed by atoms with van der Waals surface area (Å²) in [5.41, 5.74) is 0. The van der Waals surface area contributed by atoms with E-state index in [0.29, 0.717) is 26.3 Å². The zero-order chi connectivity index (χ0) is 11.6. The lowest BCUT2D eigenvalue weighted by Crippen LogP contribution is -2.53. The topological polar surface area (TPSA) is 58.6 Å². The van der Waals surface area contributed by atoms with Crippen LogP contribution in [-0.2, 0) is 14.8 Å². The summed E-state index contributed by atoms with van der Waals surface area (Å²) in [6, 6.07) is -0.0272. The van der Waals surface area contributed by atoms with Crippen LogP contribution in [0.15, 0.2) is 0 Å². The number of nitrogens with one attached hydrogen (secondary N) is 1. The Morgan fingerprint density at radius 2 is 2.25 bits per heavy atom. The predicted molar refractivity (Wildman–Crippen MR) is 61.8 cm³/mol. The first-order valence-electron chi connectivity index (χ1n) is 5.91. The molecule has 0 bridgehead atoms. The highest BCUT2D eigenvalue weighted by Crippen LogP contribution is 2.20. The van der Waals surface area contributed by atoms with Crippen LogP contribution in [-0.4, -0.2) is 56.9 Å². The van der Waals surface area contributed by atoms with Crippen LogP contribution in [0.4, 0.5) is 0 Å². The third-order valence-corrected chi connectivity index (χ3v) is 5.75. The Bertz CT molecular complexity index is 325. The van der Waals surface area contributed by atoms with Crippen molar-refractivity contribution >= 4 is 10.0 Å². The Morgan fingerprint density at radius 3 is 2.88 bits per heavy atom. The van der Waals surface area contributed by atoms with Gasteiger partial charge in [-0.2, -0.15) is 4.31 Å². The van der Waals surface area contributed by atoms with Crippen molar-refractivity contribution in [1.82, 2.24) is 9.62 Å². The van der Waals surface area contributed by atoms with Gasteiger partial charge in [0.2, 0.25) is 10.0 Å². The molecule has 5 nitrogen and oxygen atoms in total. The van der Waals surface area contributed by atoms with Gasteiger partial charge in [0.1, 0.15) is 0 Å². The maximum atomic E-state index is 12.4. The molecular weight excluding hydrogens is 228 g/mol. The molecule has 1 N–H and O–H groups in total. The monoisotopic (exact) mass is 248 g/mol. The average Bonchev–Trinajstić information content (AvgIpc) is 2.30. The molecule has 6 heteroatoms. The van der Waals surface area contributed by atoms with Crippen LogP contribution in [0.3, 0.4) is 0 Å². The summed E-state index contributed by atoms with van der Waals surface area (Å²) in [7, 11) is -3.14. The van der Waals surface area contributed by atoms with Crippen LogP contribution in [0, 0.1) is 0 Å². The third kappa shape index (κ3) is 2.40. The quantitative estimate of drug-likeness (QED) is 0.734. The molecule has 16 heavy (non-hydrogen) atoms. The van der Waals surface area contributed by atoms with Crippen molar-refractivity contribution in [1.29, 1.82) is 0 Å². The van der Waals surface area contributed by atoms with Gasteiger partial charge in [0.15, 0.2) is 0 Å². The molecule has 0 amide bonds. The number of piperidine rings is 1. The first-order valence-corrected chi connectivity index (χ1v) is 7.42. The van der Waals surface area contributed by atoms with Gasteiger partial charge in [-0.25, -0.2) is 8.42 Å². The molecule has 2 saturated heterocycles. The Labute approximate surface area is 97.2 Å². The molecule has 0 aromatic carbocycles. The smallest absolute Gasteiger partial charge is 0.218 e. The highest BCUT2D eigenvalue weighted by molar-refractivity contribution is 7.89. The molecule has 2 rings (SSSR count). The molecular formula is C10H20N2O3S. The van der Waals surface area contributed by atoms with Gasteiger partial charge in [0.05, 0.1) is 18.5 Å². The zero-order valence-electron chi connectivity index (χ0n) is 9.68. The first-order chi connectivity index (χ1) is 7.62. The molecule has 0 aromatic heterocycles. The molecule has 0 spiro atoms. The van der Waals surface area contributed by atoms with Crippen LogP contribution in [0.5, 0.6) is 0 Å². The van der Waals surface area contributed by atoms with Gasteiger partial charge in [-0.05, 0) is 26.3 Å². The lowest BCUT2D eigenvalue weighted by molar-refractivity contribution is 0.0387. The first kappa shape index (κ1) is 12.3. The highest BCUT2D eigenvalue weighted by Gasteiger charge is 2.36. The molecule has 2 aliphatic rings. The van der Waals surface area contributed by atoms with Gasteiger partial charge in [-0.1, -0.05) is 0 Å². The number of hydrogen-bond acceptors (Lipinski definition) is 4. The second-order valence-electron chi connectivity index (χ2n) is 4.55. The summed E-state index contributed by atoms with van der Waals surface area (Å²) in [5.74, 6) is 0. The third-order valence-electron chi connectivity index (χ3n) is 3.31. The van der Waals surface area contributed by atoms with Crippen LogP contribution in [0.1, 0.15) is 19.8 Å². The van der Waals surface area contributed by atoms with Crippen molar-refractivity contribution < 1.29 is 13.2 Å².